The predicted molar refractivity (Wildman–Crippen MR) is 85.8 cm³/mol. The number of carboxylic acid groups (broad SMARTS) is 1. The van der Waals surface area contributed by atoms with Gasteiger partial charge in [0.2, 0.25) is 5.91 Å². The summed E-state index contributed by atoms with van der Waals surface area (Å²) in [7, 11) is 0. The first-order valence-electron chi connectivity index (χ1n) is 7.40. The maximum Gasteiger partial charge on any atom is 0.405 e. The van der Waals surface area contributed by atoms with Crippen LogP contribution in [0.15, 0.2) is 24.8 Å². The first kappa shape index (κ1) is 20.8. The van der Waals surface area contributed by atoms with Crippen molar-refractivity contribution < 1.29 is 23.5 Å². The Labute approximate surface area is 147 Å². The molecule has 3 N–H and O–H groups in total. The summed E-state index contributed by atoms with van der Waals surface area (Å²) in [4.78, 5) is 35.6. The molecule has 0 radical (unpaired) electrons. The van der Waals surface area contributed by atoms with Crippen molar-refractivity contribution in [1.82, 2.24) is 30.6 Å². The summed E-state index contributed by atoms with van der Waals surface area (Å²) in [5, 5.41) is 13.1. The highest BCUT2D eigenvalue weighted by Crippen LogP contribution is 2.05. The molecular formula is C15H18F2N6O3. The maximum atomic E-state index is 12.4. The van der Waals surface area contributed by atoms with Crippen LogP contribution in [0.4, 0.5) is 13.6 Å². The molecule has 2 heterocycles. The normalized spacial score (nSPS) is 12.2. The van der Waals surface area contributed by atoms with E-state index in [0.29, 0.717) is 5.82 Å². The van der Waals surface area contributed by atoms with Crippen LogP contribution < -0.4 is 10.6 Å². The summed E-state index contributed by atoms with van der Waals surface area (Å²) >= 11 is 0. The van der Waals surface area contributed by atoms with Crippen LogP contribution >= 0.6 is 0 Å². The van der Waals surface area contributed by atoms with Crippen LogP contribution in [-0.4, -0.2) is 37.0 Å². The molecule has 0 fully saturated rings. The summed E-state index contributed by atoms with van der Waals surface area (Å²) in [6.45, 7) is 4.70. The van der Waals surface area contributed by atoms with Gasteiger partial charge in [0.15, 0.2) is 17.5 Å². The summed E-state index contributed by atoms with van der Waals surface area (Å²) in [5.74, 6) is -0.564. The van der Waals surface area contributed by atoms with Crippen molar-refractivity contribution >= 4 is 12.0 Å². The molecule has 26 heavy (non-hydrogen) atoms. The fraction of sp³-hybridized carbons (Fsp3) is 0.333. The second-order valence-electron chi connectivity index (χ2n) is 5.11. The minimum absolute atomic E-state index is 0.166. The number of hydrogen-bond donors (Lipinski definition) is 3. The number of hydrogen-bond acceptors (Lipinski definition) is 6. The highest BCUT2D eigenvalue weighted by Gasteiger charge is 2.10. The zero-order valence-electron chi connectivity index (χ0n) is 14.3. The highest BCUT2D eigenvalue weighted by molar-refractivity contribution is 5.73. The monoisotopic (exact) mass is 368 g/mol. The fourth-order valence-electron chi connectivity index (χ4n) is 1.71. The minimum atomic E-state index is -1.17. The largest absolute Gasteiger partial charge is 0.465 e. The Hall–Kier alpha value is -3.24. The van der Waals surface area contributed by atoms with Gasteiger partial charge in [0.1, 0.15) is 5.82 Å². The van der Waals surface area contributed by atoms with Crippen molar-refractivity contribution in [3.63, 3.8) is 0 Å². The van der Waals surface area contributed by atoms with Gasteiger partial charge in [-0.1, -0.05) is 0 Å². The third-order valence-electron chi connectivity index (χ3n) is 2.81. The third-order valence-corrected chi connectivity index (χ3v) is 2.81. The number of rotatable bonds is 4. The summed E-state index contributed by atoms with van der Waals surface area (Å²) in [6, 6.07) is -0.837. The summed E-state index contributed by atoms with van der Waals surface area (Å²) in [5.41, 5.74) is 0. The molecule has 0 unspecified atom stereocenters. The molecular weight excluding hydrogens is 350 g/mol. The lowest BCUT2D eigenvalue weighted by Crippen LogP contribution is -2.25. The Bertz CT molecular complexity index is 664. The SMILES string of the molecule is CC(=O)N[C@@H](C)c1ncc(F)cn1.C[C@H](NC(=O)O)c1ncc(F)cn1. The number of nitrogens with zero attached hydrogens (tertiary/aromatic N) is 4. The van der Waals surface area contributed by atoms with Crippen molar-refractivity contribution in [2.45, 2.75) is 32.9 Å². The minimum Gasteiger partial charge on any atom is -0.465 e. The van der Waals surface area contributed by atoms with Crippen LogP contribution in [-0.2, 0) is 4.79 Å². The zero-order valence-corrected chi connectivity index (χ0v) is 14.3. The molecule has 0 saturated heterocycles. The van der Waals surface area contributed by atoms with Gasteiger partial charge in [0.05, 0.1) is 36.9 Å². The van der Waals surface area contributed by atoms with Crippen molar-refractivity contribution in [1.29, 1.82) is 0 Å². The highest BCUT2D eigenvalue weighted by atomic mass is 19.1. The molecule has 0 aliphatic carbocycles. The lowest BCUT2D eigenvalue weighted by Gasteiger charge is -2.09. The molecule has 9 nitrogen and oxygen atoms in total. The Kier molecular flexibility index (Phi) is 7.93. The predicted octanol–water partition coefficient (Wildman–Crippen LogP) is 1.76. The maximum absolute atomic E-state index is 12.4. The Morgan fingerprint density at radius 1 is 0.885 bits per heavy atom. The van der Waals surface area contributed by atoms with Crippen LogP contribution in [0.25, 0.3) is 0 Å². The second kappa shape index (κ2) is 9.91. The number of halogens is 2. The van der Waals surface area contributed by atoms with E-state index in [1.165, 1.54) is 6.92 Å². The fourth-order valence-corrected chi connectivity index (χ4v) is 1.71. The van der Waals surface area contributed by atoms with E-state index in [1.807, 2.05) is 0 Å². The second-order valence-corrected chi connectivity index (χ2v) is 5.11. The summed E-state index contributed by atoms with van der Waals surface area (Å²) in [6.07, 6.45) is 2.95. The topological polar surface area (TPSA) is 130 Å². The van der Waals surface area contributed by atoms with E-state index in [0.717, 1.165) is 24.8 Å². The van der Waals surface area contributed by atoms with Crippen LogP contribution in [0.3, 0.4) is 0 Å². The molecule has 0 aliphatic heterocycles. The van der Waals surface area contributed by atoms with Gasteiger partial charge < -0.3 is 15.7 Å². The Balaban J connectivity index is 0.000000260. The van der Waals surface area contributed by atoms with Crippen LogP contribution in [0, 0.1) is 11.6 Å². The van der Waals surface area contributed by atoms with Crippen molar-refractivity contribution in [3.05, 3.63) is 48.1 Å². The van der Waals surface area contributed by atoms with Gasteiger partial charge in [0, 0.05) is 6.92 Å². The summed E-state index contributed by atoms with van der Waals surface area (Å²) < 4.78 is 24.8. The van der Waals surface area contributed by atoms with Crippen LogP contribution in [0.5, 0.6) is 0 Å². The van der Waals surface area contributed by atoms with E-state index in [9.17, 15) is 18.4 Å². The van der Waals surface area contributed by atoms with Crippen LogP contribution in [0.2, 0.25) is 0 Å². The van der Waals surface area contributed by atoms with Crippen molar-refractivity contribution in [2.24, 2.45) is 0 Å². The molecule has 140 valence electrons. The van der Waals surface area contributed by atoms with Gasteiger partial charge in [-0.2, -0.15) is 0 Å². The van der Waals surface area contributed by atoms with E-state index >= 15 is 0 Å². The number of amides is 2. The quantitative estimate of drug-likeness (QED) is 0.749. The van der Waals surface area contributed by atoms with E-state index in [1.54, 1.807) is 13.8 Å². The molecule has 0 aromatic carbocycles. The lowest BCUT2D eigenvalue weighted by atomic mass is 10.3. The van der Waals surface area contributed by atoms with Gasteiger partial charge in [-0.25, -0.2) is 33.5 Å². The standard InChI is InChI=1S/C8H10FN3O.C7H8FN3O2/c1-5(12-6(2)13)8-10-3-7(9)4-11-8;1-4(11-7(12)13)6-9-2-5(8)3-10-6/h3-5H,1-2H3,(H,12,13);2-4,11H,1H3,(H,12,13)/t5-;4-/m00/s1. The van der Waals surface area contributed by atoms with Gasteiger partial charge in [-0.15, -0.1) is 0 Å². The first-order chi connectivity index (χ1) is 12.2. The van der Waals surface area contributed by atoms with E-state index < -0.39 is 23.8 Å². The zero-order chi connectivity index (χ0) is 19.7. The molecule has 2 rings (SSSR count). The average Bonchev–Trinajstić information content (AvgIpc) is 2.55. The molecule has 2 atom stereocenters. The van der Waals surface area contributed by atoms with E-state index in [4.69, 9.17) is 5.11 Å². The van der Waals surface area contributed by atoms with Gasteiger partial charge in [0.25, 0.3) is 0 Å². The van der Waals surface area contributed by atoms with Crippen LogP contribution in [0.1, 0.15) is 44.5 Å². The van der Waals surface area contributed by atoms with Gasteiger partial charge >= 0.3 is 6.09 Å². The number of carbonyl (C=O) groups excluding carboxylic acids is 1. The molecule has 11 heteroatoms. The molecule has 2 aromatic rings. The van der Waals surface area contributed by atoms with Crippen molar-refractivity contribution in [3.8, 4) is 0 Å². The molecule has 0 aliphatic rings. The van der Waals surface area contributed by atoms with Crippen molar-refractivity contribution in [2.75, 3.05) is 0 Å². The first-order valence-corrected chi connectivity index (χ1v) is 7.40. The average molecular weight is 368 g/mol. The molecule has 2 amide bonds. The number of nitrogens with one attached hydrogen (secondary N) is 2. The molecule has 2 aromatic heterocycles. The van der Waals surface area contributed by atoms with Gasteiger partial charge in [-0.05, 0) is 13.8 Å². The Morgan fingerprint density at radius 2 is 1.23 bits per heavy atom. The lowest BCUT2D eigenvalue weighted by molar-refractivity contribution is -0.119. The number of aromatic nitrogens is 4. The smallest absolute Gasteiger partial charge is 0.405 e. The molecule has 0 saturated carbocycles. The Morgan fingerprint density at radius 3 is 1.54 bits per heavy atom. The molecule has 0 spiro atoms. The third kappa shape index (κ3) is 7.55. The van der Waals surface area contributed by atoms with E-state index in [2.05, 4.69) is 30.6 Å². The van der Waals surface area contributed by atoms with E-state index in [-0.39, 0.29) is 17.8 Å². The molecule has 0 bridgehead atoms. The van der Waals surface area contributed by atoms with Gasteiger partial charge in [-0.3, -0.25) is 4.79 Å². The number of carbonyl (C=O) groups is 2.